The van der Waals surface area contributed by atoms with Crippen LogP contribution in [-0.4, -0.2) is 5.94 Å². The van der Waals surface area contributed by atoms with Crippen LogP contribution in [0.5, 0.6) is 0 Å². The lowest BCUT2D eigenvalue weighted by atomic mass is 9.71. The maximum atomic E-state index is 10.2. The van der Waals surface area contributed by atoms with Crippen molar-refractivity contribution < 1.29 is 4.79 Å². The summed E-state index contributed by atoms with van der Waals surface area (Å²) < 4.78 is 0. The zero-order chi connectivity index (χ0) is 9.90. The molecular formula is C12H18O. The fourth-order valence-electron chi connectivity index (χ4n) is 2.27. The Hall–Kier alpha value is -0.810. The third-order valence-corrected chi connectivity index (χ3v) is 3.08. The molecule has 13 heavy (non-hydrogen) atoms. The summed E-state index contributed by atoms with van der Waals surface area (Å²) in [7, 11) is 0. The molecule has 1 rings (SSSR count). The molecule has 1 aliphatic carbocycles. The third kappa shape index (κ3) is 2.32. The molecule has 0 bridgehead atoms. The molecule has 0 aromatic heterocycles. The van der Waals surface area contributed by atoms with Crippen LogP contribution in [0.3, 0.4) is 0 Å². The van der Waals surface area contributed by atoms with Crippen LogP contribution >= 0.6 is 0 Å². The Morgan fingerprint density at radius 3 is 2.77 bits per heavy atom. The quantitative estimate of drug-likeness (QED) is 0.468. The minimum atomic E-state index is 0.287. The van der Waals surface area contributed by atoms with Gasteiger partial charge in [0, 0.05) is 6.08 Å². The Labute approximate surface area is 80.5 Å². The summed E-state index contributed by atoms with van der Waals surface area (Å²) in [5, 5.41) is 0. The minimum absolute atomic E-state index is 0.287. The van der Waals surface area contributed by atoms with E-state index in [0.717, 1.165) is 6.42 Å². The molecule has 0 unspecified atom stereocenters. The van der Waals surface area contributed by atoms with Gasteiger partial charge in [-0.25, -0.2) is 4.79 Å². The second-order valence-corrected chi connectivity index (χ2v) is 4.52. The van der Waals surface area contributed by atoms with Crippen LogP contribution in [0.4, 0.5) is 0 Å². The van der Waals surface area contributed by atoms with Gasteiger partial charge in [-0.3, -0.25) is 0 Å². The van der Waals surface area contributed by atoms with Gasteiger partial charge in [0.2, 0.25) is 0 Å². The van der Waals surface area contributed by atoms with Crippen molar-refractivity contribution in [2.24, 2.45) is 5.41 Å². The number of hydrogen-bond acceptors (Lipinski definition) is 1. The second kappa shape index (κ2) is 3.93. The maximum absolute atomic E-state index is 10.2. The topological polar surface area (TPSA) is 17.1 Å². The molecule has 0 N–H and O–H groups in total. The molecule has 0 fully saturated rings. The predicted molar refractivity (Wildman–Crippen MR) is 55.2 cm³/mol. The molecule has 0 heterocycles. The van der Waals surface area contributed by atoms with Gasteiger partial charge in [-0.2, -0.15) is 0 Å². The average molecular weight is 178 g/mol. The fourth-order valence-corrected chi connectivity index (χ4v) is 2.27. The lowest BCUT2D eigenvalue weighted by Crippen LogP contribution is -2.19. The summed E-state index contributed by atoms with van der Waals surface area (Å²) in [5.74, 6) is 1.86. The zero-order valence-electron chi connectivity index (χ0n) is 8.81. The van der Waals surface area contributed by atoms with Crippen LogP contribution in [0.15, 0.2) is 17.2 Å². The molecule has 1 nitrogen and oxygen atoms in total. The summed E-state index contributed by atoms with van der Waals surface area (Å²) in [5.41, 5.74) is 3.21. The Morgan fingerprint density at radius 1 is 1.54 bits per heavy atom. The van der Waals surface area contributed by atoms with E-state index in [9.17, 15) is 4.79 Å². The standard InChI is InChI=1S/C12H18O/c1-10-6-4-8-12(2,3)11(10)7-5-9-13/h5H,4,6-8H2,1-3H3. The SMILES string of the molecule is CC1=C(CC=C=O)C(C)(C)CCC1. The largest absolute Gasteiger partial charge is 0.234 e. The first-order chi connectivity index (χ1) is 6.08. The third-order valence-electron chi connectivity index (χ3n) is 3.08. The monoisotopic (exact) mass is 178 g/mol. The summed E-state index contributed by atoms with van der Waals surface area (Å²) >= 11 is 0. The molecule has 1 aliphatic rings. The molecule has 0 aromatic carbocycles. The highest BCUT2D eigenvalue weighted by Gasteiger charge is 2.27. The molecule has 72 valence electrons. The number of allylic oxidation sites excluding steroid dienone is 3. The van der Waals surface area contributed by atoms with E-state index in [-0.39, 0.29) is 5.41 Å². The summed E-state index contributed by atoms with van der Waals surface area (Å²) in [6.45, 7) is 6.72. The number of rotatable bonds is 2. The molecule has 0 aromatic rings. The zero-order valence-corrected chi connectivity index (χ0v) is 8.81. The van der Waals surface area contributed by atoms with Gasteiger partial charge in [0.25, 0.3) is 0 Å². The molecule has 0 spiro atoms. The van der Waals surface area contributed by atoms with E-state index in [1.54, 1.807) is 6.08 Å². The minimum Gasteiger partial charge on any atom is -0.234 e. The Kier molecular flexibility index (Phi) is 3.11. The van der Waals surface area contributed by atoms with Crippen molar-refractivity contribution in [2.45, 2.75) is 46.5 Å². The smallest absolute Gasteiger partial charge is 0.120 e. The molecule has 0 saturated carbocycles. The first-order valence-corrected chi connectivity index (χ1v) is 4.96. The summed E-state index contributed by atoms with van der Waals surface area (Å²) in [6, 6.07) is 0. The summed E-state index contributed by atoms with van der Waals surface area (Å²) in [4.78, 5) is 10.2. The van der Waals surface area contributed by atoms with Crippen LogP contribution in [-0.2, 0) is 4.79 Å². The lowest BCUT2D eigenvalue weighted by Gasteiger charge is -2.34. The highest BCUT2D eigenvalue weighted by molar-refractivity contribution is 5.46. The first-order valence-electron chi connectivity index (χ1n) is 4.96. The molecule has 0 saturated heterocycles. The van der Waals surface area contributed by atoms with Crippen LogP contribution in [0, 0.1) is 5.41 Å². The predicted octanol–water partition coefficient (Wildman–Crippen LogP) is 3.29. The van der Waals surface area contributed by atoms with E-state index >= 15 is 0 Å². The van der Waals surface area contributed by atoms with Crippen molar-refractivity contribution in [2.75, 3.05) is 0 Å². The van der Waals surface area contributed by atoms with E-state index in [4.69, 9.17) is 0 Å². The van der Waals surface area contributed by atoms with Gasteiger partial charge in [0.05, 0.1) is 0 Å². The van der Waals surface area contributed by atoms with Crippen molar-refractivity contribution in [3.63, 3.8) is 0 Å². The molecule has 0 amide bonds. The van der Waals surface area contributed by atoms with Gasteiger partial charge in [0.1, 0.15) is 5.94 Å². The summed E-state index contributed by atoms with van der Waals surface area (Å²) in [6.07, 6.45) is 6.12. The first kappa shape index (κ1) is 10.3. The van der Waals surface area contributed by atoms with E-state index < -0.39 is 0 Å². The number of hydrogen-bond donors (Lipinski definition) is 0. The van der Waals surface area contributed by atoms with Crippen LogP contribution in [0.25, 0.3) is 0 Å². The molecular weight excluding hydrogens is 160 g/mol. The lowest BCUT2D eigenvalue weighted by molar-refractivity contribution is 0.361. The van der Waals surface area contributed by atoms with E-state index in [1.165, 1.54) is 30.4 Å². The van der Waals surface area contributed by atoms with Gasteiger partial charge >= 0.3 is 0 Å². The molecule has 1 heteroatoms. The van der Waals surface area contributed by atoms with Gasteiger partial charge in [-0.15, -0.1) is 0 Å². The van der Waals surface area contributed by atoms with Crippen molar-refractivity contribution in [3.8, 4) is 0 Å². The molecule has 0 radical (unpaired) electrons. The van der Waals surface area contributed by atoms with Gasteiger partial charge in [0.15, 0.2) is 0 Å². The molecule has 0 atom stereocenters. The Morgan fingerprint density at radius 2 is 2.23 bits per heavy atom. The van der Waals surface area contributed by atoms with E-state index in [0.29, 0.717) is 0 Å². The van der Waals surface area contributed by atoms with Gasteiger partial charge < -0.3 is 0 Å². The Balaban J connectivity index is 2.90. The highest BCUT2D eigenvalue weighted by atomic mass is 16.1. The number of carbonyl (C=O) groups excluding carboxylic acids is 1. The molecule has 0 aliphatic heterocycles. The van der Waals surface area contributed by atoms with Gasteiger partial charge in [-0.05, 0) is 38.0 Å². The van der Waals surface area contributed by atoms with E-state index in [2.05, 4.69) is 20.8 Å². The second-order valence-electron chi connectivity index (χ2n) is 4.52. The maximum Gasteiger partial charge on any atom is 0.120 e. The van der Waals surface area contributed by atoms with Crippen molar-refractivity contribution in [1.82, 2.24) is 0 Å². The van der Waals surface area contributed by atoms with Gasteiger partial charge in [-0.1, -0.05) is 25.0 Å². The van der Waals surface area contributed by atoms with Crippen LogP contribution < -0.4 is 0 Å². The van der Waals surface area contributed by atoms with Crippen LogP contribution in [0.1, 0.15) is 46.5 Å². The average Bonchev–Trinajstić information content (AvgIpc) is 2.02. The van der Waals surface area contributed by atoms with Crippen LogP contribution in [0.2, 0.25) is 0 Å². The Bertz CT molecular complexity index is 265. The highest BCUT2D eigenvalue weighted by Crippen LogP contribution is 2.41. The van der Waals surface area contributed by atoms with Crippen molar-refractivity contribution >= 4 is 5.94 Å². The van der Waals surface area contributed by atoms with E-state index in [1.807, 2.05) is 5.94 Å². The normalized spacial score (nSPS) is 21.2. The van der Waals surface area contributed by atoms with Crippen molar-refractivity contribution in [1.29, 1.82) is 0 Å². The fraction of sp³-hybridized carbons (Fsp3) is 0.667. The van der Waals surface area contributed by atoms with Crippen molar-refractivity contribution in [3.05, 3.63) is 17.2 Å².